The van der Waals surface area contributed by atoms with E-state index in [4.69, 9.17) is 0 Å². The number of aryl methyl sites for hydroxylation is 5. The van der Waals surface area contributed by atoms with Gasteiger partial charge in [0.15, 0.2) is 5.13 Å². The topological polar surface area (TPSA) is 67.8 Å². The van der Waals surface area contributed by atoms with Crippen molar-refractivity contribution in [2.45, 2.75) is 34.6 Å². The molecule has 0 fully saturated rings. The first-order valence-corrected chi connectivity index (χ1v) is 9.90. The van der Waals surface area contributed by atoms with E-state index in [0.29, 0.717) is 10.0 Å². The third kappa shape index (κ3) is 2.77. The third-order valence-electron chi connectivity index (χ3n) is 4.34. The van der Waals surface area contributed by atoms with Crippen molar-refractivity contribution in [1.82, 2.24) is 15.0 Å². The van der Waals surface area contributed by atoms with Crippen molar-refractivity contribution in [3.63, 3.8) is 0 Å². The highest BCUT2D eigenvalue weighted by Gasteiger charge is 2.20. The number of carbonyl (C=O) groups is 1. The summed E-state index contributed by atoms with van der Waals surface area (Å²) in [6.07, 6.45) is 0. The van der Waals surface area contributed by atoms with E-state index in [1.165, 1.54) is 28.2 Å². The van der Waals surface area contributed by atoms with Gasteiger partial charge in [-0.05, 0) is 57.4 Å². The van der Waals surface area contributed by atoms with Crippen LogP contribution in [0.1, 0.15) is 37.9 Å². The third-order valence-corrected chi connectivity index (χ3v) is 6.44. The molecular weight excluding hydrogens is 364 g/mol. The van der Waals surface area contributed by atoms with Crippen molar-refractivity contribution in [2.75, 3.05) is 5.32 Å². The molecule has 3 aromatic heterocycles. The molecule has 4 aromatic rings. The predicted molar refractivity (Wildman–Crippen MR) is 109 cm³/mol. The van der Waals surface area contributed by atoms with E-state index in [1.807, 2.05) is 27.7 Å². The molecule has 0 aliphatic heterocycles. The van der Waals surface area contributed by atoms with Crippen molar-refractivity contribution >= 4 is 54.1 Å². The molecular formula is C19H18N4OS2. The second-order valence-electron chi connectivity index (χ2n) is 6.49. The number of carbonyl (C=O) groups excluding carboxylic acids is 1. The van der Waals surface area contributed by atoms with Gasteiger partial charge in [-0.3, -0.25) is 10.1 Å². The van der Waals surface area contributed by atoms with Crippen molar-refractivity contribution in [3.05, 3.63) is 45.2 Å². The molecule has 0 aliphatic carbocycles. The zero-order valence-corrected chi connectivity index (χ0v) is 16.9. The average Bonchev–Trinajstić information content (AvgIpc) is 3.08. The highest BCUT2D eigenvalue weighted by Crippen LogP contribution is 2.33. The highest BCUT2D eigenvalue weighted by atomic mass is 32.1. The van der Waals surface area contributed by atoms with Crippen molar-refractivity contribution in [1.29, 1.82) is 0 Å². The number of aromatic nitrogens is 3. The lowest BCUT2D eigenvalue weighted by atomic mass is 10.1. The Morgan fingerprint density at radius 1 is 1.00 bits per heavy atom. The molecule has 4 rings (SSSR count). The molecule has 0 atom stereocenters. The first-order valence-electron chi connectivity index (χ1n) is 8.27. The van der Waals surface area contributed by atoms with E-state index in [2.05, 4.69) is 39.3 Å². The molecule has 1 aromatic carbocycles. The Balaban J connectivity index is 1.73. The summed E-state index contributed by atoms with van der Waals surface area (Å²) in [5.41, 5.74) is 5.10. The molecule has 1 amide bonds. The van der Waals surface area contributed by atoms with Gasteiger partial charge in [0.1, 0.15) is 10.7 Å². The fraction of sp³-hybridized carbons (Fsp3) is 0.263. The van der Waals surface area contributed by atoms with E-state index in [-0.39, 0.29) is 5.91 Å². The average molecular weight is 383 g/mol. The Labute approximate surface area is 159 Å². The molecule has 5 nitrogen and oxygen atoms in total. The van der Waals surface area contributed by atoms with Crippen LogP contribution in [0.15, 0.2) is 12.1 Å². The van der Waals surface area contributed by atoms with Crippen LogP contribution in [0.25, 0.3) is 20.4 Å². The highest BCUT2D eigenvalue weighted by molar-refractivity contribution is 7.23. The van der Waals surface area contributed by atoms with Crippen LogP contribution in [0.5, 0.6) is 0 Å². The molecule has 0 aliphatic rings. The molecule has 0 radical (unpaired) electrons. The van der Waals surface area contributed by atoms with E-state index in [0.717, 1.165) is 43.1 Å². The largest absolute Gasteiger partial charge is 0.297 e. The van der Waals surface area contributed by atoms with E-state index in [1.54, 1.807) is 0 Å². The number of thiophene rings is 1. The second-order valence-corrected chi connectivity index (χ2v) is 8.52. The minimum atomic E-state index is -0.143. The van der Waals surface area contributed by atoms with Crippen LogP contribution in [-0.2, 0) is 0 Å². The zero-order valence-electron chi connectivity index (χ0n) is 15.2. The summed E-state index contributed by atoms with van der Waals surface area (Å²) in [7, 11) is 0. The molecule has 0 saturated carbocycles. The van der Waals surface area contributed by atoms with Crippen LogP contribution in [0, 0.1) is 34.6 Å². The van der Waals surface area contributed by atoms with Gasteiger partial charge in [0.2, 0.25) is 0 Å². The van der Waals surface area contributed by atoms with Crippen molar-refractivity contribution < 1.29 is 4.79 Å². The maximum atomic E-state index is 12.8. The molecule has 0 bridgehead atoms. The predicted octanol–water partition coefficient (Wildman–Crippen LogP) is 5.10. The molecule has 0 spiro atoms. The summed E-state index contributed by atoms with van der Waals surface area (Å²) >= 11 is 2.91. The normalized spacial score (nSPS) is 11.4. The smallest absolute Gasteiger partial charge is 0.267 e. The van der Waals surface area contributed by atoms with E-state index in [9.17, 15) is 4.79 Å². The Kier molecular flexibility index (Phi) is 4.00. The minimum absolute atomic E-state index is 0.143. The summed E-state index contributed by atoms with van der Waals surface area (Å²) in [6.45, 7) is 9.88. The number of nitrogens with one attached hydrogen (secondary N) is 1. The number of fused-ring (bicyclic) bond motifs is 2. The fourth-order valence-corrected chi connectivity index (χ4v) is 5.48. The maximum absolute atomic E-state index is 12.8. The molecule has 7 heteroatoms. The molecule has 1 N–H and O–H groups in total. The SMILES string of the molecule is Cc1cc(C)c2nc(NC(=O)c3sc4nc(C)nc(C)c4c3C)sc2c1. The van der Waals surface area contributed by atoms with Gasteiger partial charge in [0.05, 0.1) is 15.1 Å². The van der Waals surface area contributed by atoms with Crippen LogP contribution in [0.3, 0.4) is 0 Å². The van der Waals surface area contributed by atoms with Crippen LogP contribution >= 0.6 is 22.7 Å². The van der Waals surface area contributed by atoms with E-state index >= 15 is 0 Å². The number of rotatable bonds is 2. The van der Waals surface area contributed by atoms with Crippen LogP contribution in [0.4, 0.5) is 5.13 Å². The summed E-state index contributed by atoms with van der Waals surface area (Å²) in [4.78, 5) is 27.9. The first kappa shape index (κ1) is 17.1. The Morgan fingerprint density at radius 3 is 2.54 bits per heavy atom. The summed E-state index contributed by atoms with van der Waals surface area (Å²) in [5, 5.41) is 4.55. The van der Waals surface area contributed by atoms with Crippen LogP contribution < -0.4 is 5.32 Å². The molecule has 3 heterocycles. The maximum Gasteiger partial charge on any atom is 0.267 e. The summed E-state index contributed by atoms with van der Waals surface area (Å²) < 4.78 is 1.09. The Bertz CT molecular complexity index is 1190. The van der Waals surface area contributed by atoms with Crippen molar-refractivity contribution in [2.24, 2.45) is 0 Å². The zero-order chi connectivity index (χ0) is 18.6. The lowest BCUT2D eigenvalue weighted by Crippen LogP contribution is -2.11. The second kappa shape index (κ2) is 6.10. The number of anilines is 1. The number of nitrogens with zero attached hydrogens (tertiary/aromatic N) is 3. The molecule has 0 saturated heterocycles. The molecule has 26 heavy (non-hydrogen) atoms. The quantitative estimate of drug-likeness (QED) is 0.524. The number of thiazole rings is 1. The van der Waals surface area contributed by atoms with Gasteiger partial charge in [-0.2, -0.15) is 0 Å². The van der Waals surface area contributed by atoms with Gasteiger partial charge < -0.3 is 0 Å². The van der Waals surface area contributed by atoms with Gasteiger partial charge in [-0.1, -0.05) is 17.4 Å². The standard InChI is InChI=1S/C19H18N4OS2/c1-8-6-9(2)15-13(7-8)25-19(22-15)23-17(24)16-10(3)14-11(4)20-12(5)21-18(14)26-16/h6-7H,1-5H3,(H,22,23,24). The lowest BCUT2D eigenvalue weighted by Gasteiger charge is -2.01. The monoisotopic (exact) mass is 382 g/mol. The first-order chi connectivity index (χ1) is 12.3. The number of amides is 1. The van der Waals surface area contributed by atoms with E-state index < -0.39 is 0 Å². The lowest BCUT2D eigenvalue weighted by molar-refractivity contribution is 0.103. The summed E-state index contributed by atoms with van der Waals surface area (Å²) in [6, 6.07) is 4.20. The van der Waals surface area contributed by atoms with Gasteiger partial charge in [0, 0.05) is 11.1 Å². The number of benzene rings is 1. The van der Waals surface area contributed by atoms with Gasteiger partial charge >= 0.3 is 0 Å². The van der Waals surface area contributed by atoms with Gasteiger partial charge in [-0.25, -0.2) is 15.0 Å². The Morgan fingerprint density at radius 2 is 1.77 bits per heavy atom. The fourth-order valence-electron chi connectivity index (χ4n) is 3.27. The molecule has 0 unspecified atom stereocenters. The van der Waals surface area contributed by atoms with Crippen LogP contribution in [-0.4, -0.2) is 20.9 Å². The van der Waals surface area contributed by atoms with Crippen LogP contribution in [0.2, 0.25) is 0 Å². The molecule has 132 valence electrons. The number of hydrogen-bond donors (Lipinski definition) is 1. The van der Waals surface area contributed by atoms with Gasteiger partial charge in [-0.15, -0.1) is 11.3 Å². The number of hydrogen-bond acceptors (Lipinski definition) is 6. The Hall–Kier alpha value is -2.38. The minimum Gasteiger partial charge on any atom is -0.297 e. The van der Waals surface area contributed by atoms with Gasteiger partial charge in [0.25, 0.3) is 5.91 Å². The van der Waals surface area contributed by atoms with Crippen molar-refractivity contribution in [3.8, 4) is 0 Å². The summed E-state index contributed by atoms with van der Waals surface area (Å²) in [5.74, 6) is 0.580.